The zero-order chi connectivity index (χ0) is 36.4. The molecule has 6 rings (SSSR count). The van der Waals surface area contributed by atoms with E-state index in [4.69, 9.17) is 32.3 Å². The first-order chi connectivity index (χ1) is 23.5. The summed E-state index contributed by atoms with van der Waals surface area (Å²) < 4.78 is 63.1. The standard InChI is InChI=1S/2C16H11ClN2O5S.Cr/c2*17-10-2-6-14(20)13(8-10)18-19-16-12-4-3-11(25(22,23)24)7-9(12)1-5-15(16)21;/h2*1-8,18,20H,(H,22,23,24);/p+3/b2*19-16-;. The third-order valence-corrected chi connectivity index (χ3v) is 9.11. The van der Waals surface area contributed by atoms with Crippen molar-refractivity contribution in [2.45, 2.75) is 9.79 Å². The topological polar surface area (TPSA) is 232 Å². The third-order valence-electron chi connectivity index (χ3n) is 6.94. The summed E-state index contributed by atoms with van der Waals surface area (Å²) in [4.78, 5) is 23.6. The van der Waals surface area contributed by atoms with Gasteiger partial charge in [-0.15, -0.1) is 0 Å². The molecule has 0 aromatic heterocycles. The van der Waals surface area contributed by atoms with Crippen molar-refractivity contribution in [3.05, 3.63) is 117 Å². The average Bonchev–Trinajstić information content (AvgIpc) is 3.05. The van der Waals surface area contributed by atoms with Gasteiger partial charge in [0.1, 0.15) is 22.9 Å². The van der Waals surface area contributed by atoms with Crippen LogP contribution in [0.25, 0.3) is 12.2 Å². The predicted octanol–water partition coefficient (Wildman–Crippen LogP) is 5.74. The minimum atomic E-state index is -4.35. The molecule has 19 heteroatoms. The molecule has 262 valence electrons. The number of hydrazone groups is 2. The number of benzene rings is 4. The Hall–Kier alpha value is -4.83. The number of allylic oxidation sites excluding steroid dienone is 2. The number of fused-ring (bicyclic) bond motifs is 2. The van der Waals surface area contributed by atoms with Crippen LogP contribution in [0.1, 0.15) is 26.5 Å². The van der Waals surface area contributed by atoms with Crippen molar-refractivity contribution in [3.8, 4) is 11.5 Å². The second kappa shape index (κ2) is 15.6. The Balaban J connectivity index is 0.000000503. The molecule has 14 nitrogen and oxygen atoms in total. The van der Waals surface area contributed by atoms with Crippen molar-refractivity contribution < 1.29 is 67.4 Å². The van der Waals surface area contributed by atoms with Gasteiger partial charge in [0, 0.05) is 38.5 Å². The molecule has 4 aromatic carbocycles. The van der Waals surface area contributed by atoms with Crippen LogP contribution in [-0.4, -0.2) is 59.1 Å². The summed E-state index contributed by atoms with van der Waals surface area (Å²) in [6.45, 7) is 0. The van der Waals surface area contributed by atoms with Gasteiger partial charge < -0.3 is 10.2 Å². The number of halogens is 2. The van der Waals surface area contributed by atoms with Gasteiger partial charge in [0.05, 0.1) is 21.2 Å². The molecule has 0 bridgehead atoms. The quantitative estimate of drug-likeness (QED) is 0.0777. The number of nitrogens with zero attached hydrogens (tertiary/aromatic N) is 2. The number of carbonyl (C=O) groups excluding carboxylic acids is 2. The van der Waals surface area contributed by atoms with Gasteiger partial charge in [-0.25, -0.2) is 0 Å². The third kappa shape index (κ3) is 9.30. The summed E-state index contributed by atoms with van der Waals surface area (Å²) in [5.74, 6) is -1.01. The fourth-order valence-electron chi connectivity index (χ4n) is 4.52. The maximum Gasteiger partial charge on any atom is 1.00 e. The van der Waals surface area contributed by atoms with Gasteiger partial charge in [-0.1, -0.05) is 47.5 Å². The molecule has 0 atom stereocenters. The van der Waals surface area contributed by atoms with Crippen molar-refractivity contribution in [1.29, 1.82) is 0 Å². The maximum absolute atomic E-state index is 12.1. The van der Waals surface area contributed by atoms with Crippen LogP contribution in [0.2, 0.25) is 10.0 Å². The van der Waals surface area contributed by atoms with E-state index in [0.29, 0.717) is 32.3 Å². The molecular formula is C32H25Cl2CrN4O10S2+3. The van der Waals surface area contributed by atoms with Gasteiger partial charge in [-0.3, -0.25) is 29.5 Å². The smallest absolute Gasteiger partial charge is 0.506 e. The molecule has 0 heterocycles. The van der Waals surface area contributed by atoms with Crippen molar-refractivity contribution in [3.63, 3.8) is 0 Å². The summed E-state index contributed by atoms with van der Waals surface area (Å²) in [5.41, 5.74) is 7.19. The molecule has 0 radical (unpaired) electrons. The Morgan fingerprint density at radius 3 is 1.29 bits per heavy atom. The molecule has 51 heavy (non-hydrogen) atoms. The molecule has 0 unspecified atom stereocenters. The summed E-state index contributed by atoms with van der Waals surface area (Å²) in [6.07, 6.45) is 5.33. The molecule has 0 fully saturated rings. The first-order valence-electron chi connectivity index (χ1n) is 13.8. The van der Waals surface area contributed by atoms with E-state index < -0.39 is 31.8 Å². The SMILES string of the molecule is O=C1C=Cc2cc(S(=O)(=O)O)ccc2/C1=N/Nc1cc(Cl)ccc1O.O=C1C=Cc2cc(S(=O)(=O)O)ccc2/C1=N/Nc1cc(Cl)ccc1O.[Cr].[H+].[H+].[H+]. The average molecular weight is 813 g/mol. The van der Waals surface area contributed by atoms with Gasteiger partial charge in [0.15, 0.2) is 0 Å². The van der Waals surface area contributed by atoms with Crippen molar-refractivity contribution in [1.82, 2.24) is 0 Å². The minimum absolute atomic E-state index is 0. The van der Waals surface area contributed by atoms with Crippen LogP contribution in [0.15, 0.2) is 105 Å². The number of aromatic hydroxyl groups is 2. The second-order valence-corrected chi connectivity index (χ2v) is 14.0. The summed E-state index contributed by atoms with van der Waals surface area (Å²) >= 11 is 11.7. The number of hydrogen-bond donors (Lipinski definition) is 6. The van der Waals surface area contributed by atoms with E-state index in [9.17, 15) is 36.6 Å². The zero-order valence-electron chi connectivity index (χ0n) is 28.4. The number of phenols is 2. The Morgan fingerprint density at radius 1 is 0.569 bits per heavy atom. The second-order valence-electron chi connectivity index (χ2n) is 10.3. The largest absolute Gasteiger partial charge is 1.00 e. The van der Waals surface area contributed by atoms with Crippen molar-refractivity contribution >= 4 is 90.0 Å². The number of anilines is 2. The van der Waals surface area contributed by atoms with Crippen LogP contribution >= 0.6 is 23.2 Å². The van der Waals surface area contributed by atoms with E-state index in [1.165, 1.54) is 97.1 Å². The van der Waals surface area contributed by atoms with E-state index in [0.717, 1.165) is 0 Å². The Kier molecular flexibility index (Phi) is 11.9. The zero-order valence-corrected chi connectivity index (χ0v) is 29.8. The number of rotatable bonds is 6. The number of phenolic OH excluding ortho intramolecular Hbond substituents is 2. The fraction of sp³-hybridized carbons (Fsp3) is 0. The van der Waals surface area contributed by atoms with E-state index >= 15 is 0 Å². The number of ketones is 2. The van der Waals surface area contributed by atoms with Crippen LogP contribution < -0.4 is 10.9 Å². The Morgan fingerprint density at radius 2 is 0.941 bits per heavy atom. The van der Waals surface area contributed by atoms with Crippen LogP contribution in [0.5, 0.6) is 11.5 Å². The number of hydrogen-bond acceptors (Lipinski definition) is 12. The monoisotopic (exact) mass is 811 g/mol. The van der Waals surface area contributed by atoms with Crippen LogP contribution in [0.4, 0.5) is 11.4 Å². The predicted molar refractivity (Wildman–Crippen MR) is 190 cm³/mol. The van der Waals surface area contributed by atoms with E-state index in [-0.39, 0.29) is 65.7 Å². The van der Waals surface area contributed by atoms with Crippen LogP contribution in [0, 0.1) is 0 Å². The summed E-state index contributed by atoms with van der Waals surface area (Å²) in [5, 5.41) is 28.3. The van der Waals surface area contributed by atoms with Gasteiger partial charge >= 0.3 is 4.28 Å². The van der Waals surface area contributed by atoms with Gasteiger partial charge in [-0.05, 0) is 83.9 Å². The van der Waals surface area contributed by atoms with Crippen molar-refractivity contribution in [2.75, 3.05) is 10.9 Å². The molecule has 6 N–H and O–H groups in total. The van der Waals surface area contributed by atoms with Gasteiger partial charge in [0.2, 0.25) is 11.6 Å². The normalized spacial score (nSPS) is 15.0. The molecule has 0 aliphatic heterocycles. The first-order valence-corrected chi connectivity index (χ1v) is 17.5. The molecule has 0 amide bonds. The Bertz CT molecular complexity index is 2280. The maximum atomic E-state index is 12.1. The number of nitrogens with one attached hydrogen (secondary N) is 2. The summed E-state index contributed by atoms with van der Waals surface area (Å²) in [6, 6.07) is 16.2. The number of carbonyl (C=O) groups is 2. The first kappa shape index (κ1) is 39.0. The molecule has 4 aromatic rings. The van der Waals surface area contributed by atoms with E-state index in [1.807, 2.05) is 0 Å². The minimum Gasteiger partial charge on any atom is -0.506 e. The van der Waals surface area contributed by atoms with Gasteiger partial charge in [-0.2, -0.15) is 27.0 Å². The molecular weight excluding hydrogens is 787 g/mol. The fourth-order valence-corrected chi connectivity index (χ4v) is 5.90. The van der Waals surface area contributed by atoms with Crippen LogP contribution in [0.3, 0.4) is 0 Å². The molecule has 0 saturated carbocycles. The molecule has 2 aliphatic rings. The molecule has 2 aliphatic carbocycles. The van der Waals surface area contributed by atoms with E-state index in [1.54, 1.807) is 0 Å². The van der Waals surface area contributed by atoms with E-state index in [2.05, 4.69) is 21.1 Å². The van der Waals surface area contributed by atoms with Crippen LogP contribution in [-0.2, 0) is 47.2 Å². The Labute approximate surface area is 315 Å². The summed E-state index contributed by atoms with van der Waals surface area (Å²) in [7, 11) is -8.71. The molecule has 0 spiro atoms. The van der Waals surface area contributed by atoms with Crippen molar-refractivity contribution in [2.24, 2.45) is 10.2 Å². The molecule has 0 saturated heterocycles. The van der Waals surface area contributed by atoms with Gasteiger partial charge in [0.25, 0.3) is 20.2 Å².